The third-order valence-electron chi connectivity index (χ3n) is 0.101. The van der Waals surface area contributed by atoms with Gasteiger partial charge in [-0.25, -0.2) is 4.79 Å². The first kappa shape index (κ1) is 4.27. The van der Waals surface area contributed by atoms with Crippen LogP contribution in [0.1, 0.15) is 0 Å². The molecule has 0 saturated heterocycles. The SMILES string of the molecule is [C]OC(N)=O. The van der Waals surface area contributed by atoms with Crippen LogP contribution in [0.2, 0.25) is 0 Å². The molecule has 0 rings (SSSR count). The quantitative estimate of drug-likeness (QED) is 0.424. The van der Waals surface area contributed by atoms with E-state index in [2.05, 4.69) is 10.5 Å². The molecular weight excluding hydrogens is 70.0 g/mol. The Morgan fingerprint density at radius 1 is 2.00 bits per heavy atom. The molecule has 0 heterocycles. The summed E-state index contributed by atoms with van der Waals surface area (Å²) in [7, 11) is 5.68. The Morgan fingerprint density at radius 3 is 2.20 bits per heavy atom. The number of carbonyl (C=O) groups excluding carboxylic acids is 1. The van der Waals surface area contributed by atoms with Crippen LogP contribution in [0.4, 0.5) is 4.79 Å². The molecule has 0 aliphatic rings. The van der Waals surface area contributed by atoms with Gasteiger partial charge in [-0.15, -0.1) is 0 Å². The van der Waals surface area contributed by atoms with Gasteiger partial charge in [-0.3, -0.25) is 0 Å². The lowest BCUT2D eigenvalue weighted by Gasteiger charge is -1.78. The van der Waals surface area contributed by atoms with E-state index in [1.54, 1.807) is 0 Å². The Morgan fingerprint density at radius 2 is 2.20 bits per heavy atom. The zero-order valence-corrected chi connectivity index (χ0v) is 2.39. The van der Waals surface area contributed by atoms with Gasteiger partial charge in [0, 0.05) is 0 Å². The average Bonchev–Trinajstić information content (AvgIpc) is 1.38. The van der Waals surface area contributed by atoms with Crippen molar-refractivity contribution in [3.8, 4) is 0 Å². The highest BCUT2D eigenvalue weighted by atomic mass is 16.5. The van der Waals surface area contributed by atoms with Gasteiger partial charge in [0.25, 0.3) is 7.11 Å². The molecule has 0 unspecified atom stereocenters. The number of nitrogens with two attached hydrogens (primary N) is 1. The first-order valence-electron chi connectivity index (χ1n) is 0.901. The van der Waals surface area contributed by atoms with Crippen molar-refractivity contribution in [2.24, 2.45) is 5.73 Å². The van der Waals surface area contributed by atoms with E-state index in [0.29, 0.717) is 0 Å². The number of hydrogen-bond acceptors (Lipinski definition) is 2. The maximum absolute atomic E-state index is 9.18. The highest BCUT2D eigenvalue weighted by molar-refractivity contribution is 5.64. The number of carbonyl (C=O) groups is 1. The molecule has 0 aromatic carbocycles. The van der Waals surface area contributed by atoms with Crippen molar-refractivity contribution in [2.45, 2.75) is 0 Å². The zero-order chi connectivity index (χ0) is 4.28. The highest BCUT2D eigenvalue weighted by Crippen LogP contribution is 1.58. The maximum Gasteiger partial charge on any atom is 0.405 e. The summed E-state index contributed by atoms with van der Waals surface area (Å²) >= 11 is 0. The third kappa shape index (κ3) is 3.27. The van der Waals surface area contributed by atoms with E-state index < -0.39 is 6.09 Å². The summed E-state index contributed by atoms with van der Waals surface area (Å²) in [6, 6.07) is 0. The third-order valence-corrected chi connectivity index (χ3v) is 0.101. The number of ether oxygens (including phenoxy) is 1. The Balaban J connectivity index is 2.85. The van der Waals surface area contributed by atoms with Crippen LogP contribution in [0.15, 0.2) is 0 Å². The van der Waals surface area contributed by atoms with E-state index in [1.165, 1.54) is 0 Å². The van der Waals surface area contributed by atoms with Crippen LogP contribution >= 0.6 is 0 Å². The zero-order valence-electron chi connectivity index (χ0n) is 2.39. The second kappa shape index (κ2) is 1.58. The van der Waals surface area contributed by atoms with Gasteiger partial charge < -0.3 is 10.5 Å². The number of hydrogen-bond donors (Lipinski definition) is 1. The van der Waals surface area contributed by atoms with Crippen LogP contribution in [-0.2, 0) is 4.74 Å². The fourth-order valence-electron chi connectivity index (χ4n) is 0. The molecule has 3 nitrogen and oxygen atoms in total. The molecule has 3 radical (unpaired) electrons. The number of rotatable bonds is 0. The maximum atomic E-state index is 9.18. The summed E-state index contributed by atoms with van der Waals surface area (Å²) in [5, 5.41) is 0. The Bertz CT molecular complexity index is 42.9. The van der Waals surface area contributed by atoms with Crippen LogP contribution in [0.25, 0.3) is 0 Å². The van der Waals surface area contributed by atoms with Crippen molar-refractivity contribution in [3.05, 3.63) is 7.11 Å². The fourth-order valence-corrected chi connectivity index (χ4v) is 0. The Labute approximate surface area is 29.7 Å². The Hall–Kier alpha value is -0.730. The molecule has 0 aliphatic heterocycles. The molecule has 0 saturated carbocycles. The number of primary amides is 1. The normalized spacial score (nSPS) is 6.60. The van der Waals surface area contributed by atoms with E-state index in [9.17, 15) is 4.79 Å². The van der Waals surface area contributed by atoms with Crippen LogP contribution in [0.5, 0.6) is 0 Å². The van der Waals surface area contributed by atoms with E-state index in [4.69, 9.17) is 7.11 Å². The minimum atomic E-state index is -1.08. The van der Waals surface area contributed by atoms with Gasteiger partial charge in [0.2, 0.25) is 0 Å². The summed E-state index contributed by atoms with van der Waals surface area (Å²) in [5.41, 5.74) is 4.24. The molecule has 0 bridgehead atoms. The molecule has 0 aliphatic carbocycles. The largest absolute Gasteiger partial charge is 0.429 e. The van der Waals surface area contributed by atoms with Crippen molar-refractivity contribution in [3.63, 3.8) is 0 Å². The molecule has 0 atom stereocenters. The van der Waals surface area contributed by atoms with Crippen molar-refractivity contribution in [2.75, 3.05) is 0 Å². The minimum Gasteiger partial charge on any atom is -0.429 e. The molecule has 0 fully saturated rings. The molecule has 1 amide bonds. The molecule has 0 aromatic heterocycles. The predicted molar refractivity (Wildman–Crippen MR) is 13.9 cm³/mol. The molecule has 27 valence electrons. The molecule has 0 aromatic rings. The van der Waals surface area contributed by atoms with Gasteiger partial charge in [0.15, 0.2) is 0 Å². The molecule has 0 spiro atoms. The van der Waals surface area contributed by atoms with E-state index in [-0.39, 0.29) is 0 Å². The first-order valence-corrected chi connectivity index (χ1v) is 0.901. The van der Waals surface area contributed by atoms with Crippen LogP contribution in [-0.4, -0.2) is 6.09 Å². The summed E-state index contributed by atoms with van der Waals surface area (Å²) in [5.74, 6) is 0. The predicted octanol–water partition coefficient (Wildman–Crippen LogP) is -0.373. The Kier molecular flexibility index (Phi) is 1.35. The summed E-state index contributed by atoms with van der Waals surface area (Å²) in [6.07, 6.45) is -1.08. The van der Waals surface area contributed by atoms with Crippen molar-refractivity contribution >= 4 is 6.09 Å². The number of amides is 1. The average molecular weight is 72.0 g/mol. The molecule has 3 heteroatoms. The van der Waals surface area contributed by atoms with Gasteiger partial charge in [-0.05, 0) is 0 Å². The summed E-state index contributed by atoms with van der Waals surface area (Å²) in [4.78, 5) is 9.18. The first-order chi connectivity index (χ1) is 2.27. The van der Waals surface area contributed by atoms with E-state index in [1.807, 2.05) is 0 Å². The summed E-state index contributed by atoms with van der Waals surface area (Å²) in [6.45, 7) is 0. The molecular formula is C2H2NO2. The summed E-state index contributed by atoms with van der Waals surface area (Å²) < 4.78 is 3.14. The van der Waals surface area contributed by atoms with E-state index in [0.717, 1.165) is 0 Å². The second-order valence-electron chi connectivity index (χ2n) is 0.421. The van der Waals surface area contributed by atoms with Gasteiger partial charge in [-0.2, -0.15) is 0 Å². The topological polar surface area (TPSA) is 52.3 Å². The second-order valence-corrected chi connectivity index (χ2v) is 0.421. The smallest absolute Gasteiger partial charge is 0.405 e. The fraction of sp³-hybridized carbons (Fsp3) is 0. The van der Waals surface area contributed by atoms with Gasteiger partial charge in [0.1, 0.15) is 0 Å². The van der Waals surface area contributed by atoms with Crippen LogP contribution in [0.3, 0.4) is 0 Å². The van der Waals surface area contributed by atoms with Crippen LogP contribution in [0, 0.1) is 7.11 Å². The van der Waals surface area contributed by atoms with Gasteiger partial charge >= 0.3 is 6.09 Å². The lowest BCUT2D eigenvalue weighted by atomic mass is 11.3. The monoisotopic (exact) mass is 72.0 g/mol. The standard InChI is InChI=1S/C2H2NO2/c1-5-2(3)4/h(H2,3,4). The van der Waals surface area contributed by atoms with Crippen molar-refractivity contribution in [1.29, 1.82) is 0 Å². The highest BCUT2D eigenvalue weighted by Gasteiger charge is 1.78. The van der Waals surface area contributed by atoms with Gasteiger partial charge in [0.05, 0.1) is 0 Å². The molecule has 5 heavy (non-hydrogen) atoms. The molecule has 2 N–H and O–H groups in total. The van der Waals surface area contributed by atoms with Crippen molar-refractivity contribution < 1.29 is 9.53 Å². The van der Waals surface area contributed by atoms with E-state index >= 15 is 0 Å². The van der Waals surface area contributed by atoms with Gasteiger partial charge in [-0.1, -0.05) is 0 Å². The lowest BCUT2D eigenvalue weighted by Crippen LogP contribution is -2.07. The van der Waals surface area contributed by atoms with Crippen LogP contribution < -0.4 is 5.73 Å². The lowest BCUT2D eigenvalue weighted by molar-refractivity contribution is 0.194. The van der Waals surface area contributed by atoms with Crippen molar-refractivity contribution in [1.82, 2.24) is 0 Å². The minimum absolute atomic E-state index is 1.08.